The van der Waals surface area contributed by atoms with Crippen molar-refractivity contribution in [1.29, 1.82) is 0 Å². The summed E-state index contributed by atoms with van der Waals surface area (Å²) in [5.41, 5.74) is 7.70. The first kappa shape index (κ1) is 9.18. The minimum absolute atomic E-state index is 0.0918. The molecule has 0 saturated heterocycles. The highest BCUT2D eigenvalue weighted by Crippen LogP contribution is 2.21. The Hall–Kier alpha value is -1.39. The lowest BCUT2D eigenvalue weighted by Crippen LogP contribution is -2.12. The molecule has 0 fully saturated rings. The Balaban J connectivity index is 2.42. The van der Waals surface area contributed by atoms with E-state index < -0.39 is 0 Å². The number of aromatic nitrogens is 2. The van der Waals surface area contributed by atoms with Crippen LogP contribution in [0.2, 0.25) is 0 Å². The summed E-state index contributed by atoms with van der Waals surface area (Å²) in [6.07, 6.45) is 0.548. The van der Waals surface area contributed by atoms with Gasteiger partial charge in [0.15, 0.2) is 0 Å². The second-order valence-corrected chi connectivity index (χ2v) is 3.27. The van der Waals surface area contributed by atoms with E-state index in [4.69, 9.17) is 10.8 Å². The molecule has 1 atom stereocenters. The van der Waals surface area contributed by atoms with Gasteiger partial charge in [-0.3, -0.25) is 5.10 Å². The molecule has 4 N–H and O–H groups in total. The molecular formula is C10H13N3O. The van der Waals surface area contributed by atoms with Gasteiger partial charge in [-0.1, -0.05) is 18.2 Å². The SMILES string of the molecule is NC(CCO)c1[nH]nc2ccccc12. The van der Waals surface area contributed by atoms with E-state index in [1.807, 2.05) is 24.3 Å². The summed E-state index contributed by atoms with van der Waals surface area (Å²) in [7, 11) is 0. The van der Waals surface area contributed by atoms with Gasteiger partial charge in [0.2, 0.25) is 0 Å². The number of hydrogen-bond acceptors (Lipinski definition) is 3. The standard InChI is InChI=1S/C10H13N3O/c11-8(5-6-14)10-7-3-1-2-4-9(7)12-13-10/h1-4,8,14H,5-6,11H2,(H,12,13). The maximum atomic E-state index is 8.79. The predicted molar refractivity (Wildman–Crippen MR) is 54.7 cm³/mol. The summed E-state index contributed by atoms with van der Waals surface area (Å²) < 4.78 is 0. The number of para-hydroxylation sites is 1. The van der Waals surface area contributed by atoms with Gasteiger partial charge >= 0.3 is 0 Å². The molecule has 0 aliphatic heterocycles. The summed E-state index contributed by atoms with van der Waals surface area (Å²) in [4.78, 5) is 0. The molecule has 2 aromatic rings. The van der Waals surface area contributed by atoms with E-state index in [0.29, 0.717) is 6.42 Å². The van der Waals surface area contributed by atoms with Crippen LogP contribution in [0.15, 0.2) is 24.3 Å². The van der Waals surface area contributed by atoms with E-state index in [2.05, 4.69) is 10.2 Å². The first-order chi connectivity index (χ1) is 6.83. The van der Waals surface area contributed by atoms with Crippen LogP contribution in [-0.4, -0.2) is 21.9 Å². The lowest BCUT2D eigenvalue weighted by Gasteiger charge is -2.07. The fraction of sp³-hybridized carbons (Fsp3) is 0.300. The molecule has 0 aliphatic carbocycles. The molecule has 1 aromatic heterocycles. The van der Waals surface area contributed by atoms with Crippen LogP contribution in [0.5, 0.6) is 0 Å². The monoisotopic (exact) mass is 191 g/mol. The lowest BCUT2D eigenvalue weighted by atomic mass is 10.1. The topological polar surface area (TPSA) is 74.9 Å². The van der Waals surface area contributed by atoms with Crippen molar-refractivity contribution in [3.05, 3.63) is 30.0 Å². The smallest absolute Gasteiger partial charge is 0.0924 e. The van der Waals surface area contributed by atoms with Crippen LogP contribution in [-0.2, 0) is 0 Å². The van der Waals surface area contributed by atoms with Crippen molar-refractivity contribution in [3.8, 4) is 0 Å². The zero-order valence-corrected chi connectivity index (χ0v) is 7.77. The Morgan fingerprint density at radius 2 is 2.21 bits per heavy atom. The van der Waals surface area contributed by atoms with Crippen molar-refractivity contribution in [2.45, 2.75) is 12.5 Å². The van der Waals surface area contributed by atoms with Crippen LogP contribution in [0.25, 0.3) is 10.9 Å². The number of nitrogens with two attached hydrogens (primary N) is 1. The number of hydrogen-bond donors (Lipinski definition) is 3. The zero-order valence-electron chi connectivity index (χ0n) is 7.77. The zero-order chi connectivity index (χ0) is 9.97. The predicted octanol–water partition coefficient (Wildman–Crippen LogP) is 0.945. The van der Waals surface area contributed by atoms with Gasteiger partial charge in [0.25, 0.3) is 0 Å². The number of aromatic amines is 1. The van der Waals surface area contributed by atoms with Crippen molar-refractivity contribution in [3.63, 3.8) is 0 Å². The van der Waals surface area contributed by atoms with Gasteiger partial charge in [0, 0.05) is 18.0 Å². The summed E-state index contributed by atoms with van der Waals surface area (Å²) in [5, 5.41) is 16.9. The average molecular weight is 191 g/mol. The molecule has 2 rings (SSSR count). The lowest BCUT2D eigenvalue weighted by molar-refractivity contribution is 0.276. The Morgan fingerprint density at radius 1 is 1.43 bits per heavy atom. The van der Waals surface area contributed by atoms with Crippen molar-refractivity contribution >= 4 is 10.9 Å². The molecule has 1 aromatic carbocycles. The van der Waals surface area contributed by atoms with Crippen LogP contribution in [0.1, 0.15) is 18.2 Å². The minimum atomic E-state index is -0.174. The van der Waals surface area contributed by atoms with Crippen LogP contribution < -0.4 is 5.73 Å². The Morgan fingerprint density at radius 3 is 3.00 bits per heavy atom. The molecule has 0 bridgehead atoms. The number of benzene rings is 1. The maximum Gasteiger partial charge on any atom is 0.0924 e. The molecule has 0 radical (unpaired) electrons. The van der Waals surface area contributed by atoms with Gasteiger partial charge in [-0.2, -0.15) is 5.10 Å². The van der Waals surface area contributed by atoms with Gasteiger partial charge in [-0.05, 0) is 12.5 Å². The van der Waals surface area contributed by atoms with Crippen molar-refractivity contribution in [2.24, 2.45) is 5.73 Å². The van der Waals surface area contributed by atoms with Crippen LogP contribution in [0.4, 0.5) is 0 Å². The molecule has 14 heavy (non-hydrogen) atoms. The van der Waals surface area contributed by atoms with Crippen molar-refractivity contribution < 1.29 is 5.11 Å². The highest BCUT2D eigenvalue weighted by Gasteiger charge is 2.11. The van der Waals surface area contributed by atoms with Crippen LogP contribution >= 0.6 is 0 Å². The molecule has 0 aliphatic rings. The summed E-state index contributed by atoms with van der Waals surface area (Å²) >= 11 is 0. The van der Waals surface area contributed by atoms with Gasteiger partial charge in [-0.15, -0.1) is 0 Å². The summed E-state index contributed by atoms with van der Waals surface area (Å²) in [5.74, 6) is 0. The number of nitrogens with zero attached hydrogens (tertiary/aromatic N) is 1. The average Bonchev–Trinajstić information content (AvgIpc) is 2.61. The van der Waals surface area contributed by atoms with Crippen LogP contribution in [0, 0.1) is 0 Å². The quantitative estimate of drug-likeness (QED) is 0.676. The first-order valence-electron chi connectivity index (χ1n) is 4.62. The molecule has 4 nitrogen and oxygen atoms in total. The molecule has 0 saturated carbocycles. The number of nitrogens with one attached hydrogen (secondary N) is 1. The summed E-state index contributed by atoms with van der Waals surface area (Å²) in [6, 6.07) is 7.62. The molecule has 0 spiro atoms. The number of aliphatic hydroxyl groups excluding tert-OH is 1. The van der Waals surface area contributed by atoms with Gasteiger partial charge in [0.05, 0.1) is 11.2 Å². The molecule has 74 valence electrons. The maximum absolute atomic E-state index is 8.79. The van der Waals surface area contributed by atoms with Gasteiger partial charge < -0.3 is 10.8 Å². The largest absolute Gasteiger partial charge is 0.396 e. The van der Waals surface area contributed by atoms with Crippen molar-refractivity contribution in [1.82, 2.24) is 10.2 Å². The highest BCUT2D eigenvalue weighted by atomic mass is 16.3. The number of H-pyrrole nitrogens is 1. The fourth-order valence-electron chi connectivity index (χ4n) is 1.55. The number of rotatable bonds is 3. The second-order valence-electron chi connectivity index (χ2n) is 3.27. The normalized spacial score (nSPS) is 13.3. The number of aliphatic hydroxyl groups is 1. The van der Waals surface area contributed by atoms with E-state index in [1.165, 1.54) is 0 Å². The van der Waals surface area contributed by atoms with E-state index in [1.54, 1.807) is 0 Å². The number of fused-ring (bicyclic) bond motifs is 1. The molecule has 4 heteroatoms. The van der Waals surface area contributed by atoms with Gasteiger partial charge in [-0.25, -0.2) is 0 Å². The molecule has 1 unspecified atom stereocenters. The van der Waals surface area contributed by atoms with E-state index in [-0.39, 0.29) is 12.6 Å². The highest BCUT2D eigenvalue weighted by molar-refractivity contribution is 5.81. The Labute approximate surface area is 81.7 Å². The fourth-order valence-corrected chi connectivity index (χ4v) is 1.55. The van der Waals surface area contributed by atoms with Gasteiger partial charge in [0.1, 0.15) is 0 Å². The molecular weight excluding hydrogens is 178 g/mol. The molecule has 0 amide bonds. The Kier molecular flexibility index (Phi) is 2.47. The Bertz CT molecular complexity index is 424. The third kappa shape index (κ3) is 1.49. The summed E-state index contributed by atoms with van der Waals surface area (Å²) in [6.45, 7) is 0.0918. The second kappa shape index (κ2) is 3.77. The van der Waals surface area contributed by atoms with E-state index in [0.717, 1.165) is 16.6 Å². The van der Waals surface area contributed by atoms with Crippen LogP contribution in [0.3, 0.4) is 0 Å². The third-order valence-corrected chi connectivity index (χ3v) is 2.30. The van der Waals surface area contributed by atoms with E-state index in [9.17, 15) is 0 Å². The van der Waals surface area contributed by atoms with E-state index >= 15 is 0 Å². The first-order valence-corrected chi connectivity index (χ1v) is 4.62. The van der Waals surface area contributed by atoms with Crippen molar-refractivity contribution in [2.75, 3.05) is 6.61 Å². The minimum Gasteiger partial charge on any atom is -0.396 e. The molecule has 1 heterocycles. The third-order valence-electron chi connectivity index (χ3n) is 2.30.